The van der Waals surface area contributed by atoms with Crippen LogP contribution in [0.1, 0.15) is 24.3 Å². The van der Waals surface area contributed by atoms with Gasteiger partial charge >= 0.3 is 5.97 Å². The molecule has 2 rings (SSSR count). The van der Waals surface area contributed by atoms with Crippen molar-refractivity contribution >= 4 is 40.9 Å². The fraction of sp³-hybridized carbons (Fsp3) is 0.364. The molecule has 0 aliphatic carbocycles. The molecule has 1 aromatic rings. The Morgan fingerprint density at radius 2 is 2.19 bits per heavy atom. The standard InChI is InChI=1S/C11H10Cl2O2S/c12-7-3-4-8-9(10(7)13)6(11(14)15)2-1-5-16-8/h3-4,6H,1-2,5H2,(H,14,15). The summed E-state index contributed by atoms with van der Waals surface area (Å²) in [4.78, 5) is 12.2. The maximum atomic E-state index is 11.2. The zero-order valence-electron chi connectivity index (χ0n) is 8.37. The Bertz CT molecular complexity index is 434. The Morgan fingerprint density at radius 1 is 1.44 bits per heavy atom. The maximum Gasteiger partial charge on any atom is 0.311 e. The summed E-state index contributed by atoms with van der Waals surface area (Å²) < 4.78 is 0. The van der Waals surface area contributed by atoms with E-state index in [4.69, 9.17) is 23.2 Å². The maximum absolute atomic E-state index is 11.2. The first kappa shape index (κ1) is 12.1. The fourth-order valence-electron chi connectivity index (χ4n) is 1.86. The van der Waals surface area contributed by atoms with Crippen LogP contribution < -0.4 is 0 Å². The van der Waals surface area contributed by atoms with E-state index in [9.17, 15) is 9.90 Å². The number of aliphatic carboxylic acids is 1. The number of thioether (sulfide) groups is 1. The Balaban J connectivity index is 2.58. The van der Waals surface area contributed by atoms with Crippen LogP contribution in [0, 0.1) is 0 Å². The number of halogens is 2. The van der Waals surface area contributed by atoms with Crippen molar-refractivity contribution in [1.29, 1.82) is 0 Å². The first-order chi connectivity index (χ1) is 7.61. The van der Waals surface area contributed by atoms with Gasteiger partial charge < -0.3 is 5.11 Å². The number of hydrogen-bond acceptors (Lipinski definition) is 2. The van der Waals surface area contributed by atoms with Crippen molar-refractivity contribution in [3.63, 3.8) is 0 Å². The van der Waals surface area contributed by atoms with Gasteiger partial charge in [0.1, 0.15) is 0 Å². The molecule has 1 unspecified atom stereocenters. The molecule has 0 radical (unpaired) electrons. The van der Waals surface area contributed by atoms with Crippen LogP contribution in [-0.2, 0) is 4.79 Å². The van der Waals surface area contributed by atoms with Gasteiger partial charge in [0.05, 0.1) is 16.0 Å². The molecule has 0 saturated heterocycles. The van der Waals surface area contributed by atoms with Crippen molar-refractivity contribution in [2.75, 3.05) is 5.75 Å². The van der Waals surface area contributed by atoms with Gasteiger partial charge in [0.15, 0.2) is 0 Å². The number of carboxylic acid groups (broad SMARTS) is 1. The van der Waals surface area contributed by atoms with E-state index in [0.717, 1.165) is 17.1 Å². The van der Waals surface area contributed by atoms with Gasteiger partial charge in [-0.25, -0.2) is 0 Å². The van der Waals surface area contributed by atoms with Crippen LogP contribution in [0.3, 0.4) is 0 Å². The lowest BCUT2D eigenvalue weighted by atomic mass is 9.94. The van der Waals surface area contributed by atoms with Crippen LogP contribution in [0.2, 0.25) is 10.0 Å². The molecular weight excluding hydrogens is 267 g/mol. The smallest absolute Gasteiger partial charge is 0.311 e. The lowest BCUT2D eigenvalue weighted by Crippen LogP contribution is -2.12. The first-order valence-electron chi connectivity index (χ1n) is 4.94. The monoisotopic (exact) mass is 276 g/mol. The highest BCUT2D eigenvalue weighted by molar-refractivity contribution is 7.99. The average molecular weight is 277 g/mol. The summed E-state index contributed by atoms with van der Waals surface area (Å²) in [7, 11) is 0. The number of carboxylic acids is 1. The highest BCUT2D eigenvalue weighted by atomic mass is 35.5. The summed E-state index contributed by atoms with van der Waals surface area (Å²) in [5, 5.41) is 10.0. The molecular formula is C11H10Cl2O2S. The van der Waals surface area contributed by atoms with Gasteiger partial charge in [-0.15, -0.1) is 11.8 Å². The van der Waals surface area contributed by atoms with Gasteiger partial charge in [-0.2, -0.15) is 0 Å². The average Bonchev–Trinajstić information content (AvgIpc) is 2.46. The summed E-state index contributed by atoms with van der Waals surface area (Å²) in [5.74, 6) is -0.432. The second-order valence-corrected chi connectivity index (χ2v) is 5.58. The van der Waals surface area contributed by atoms with Crippen LogP contribution >= 0.6 is 35.0 Å². The van der Waals surface area contributed by atoms with Crippen molar-refractivity contribution in [3.8, 4) is 0 Å². The molecule has 2 nitrogen and oxygen atoms in total. The third-order valence-corrected chi connectivity index (χ3v) is 4.61. The van der Waals surface area contributed by atoms with Crippen LogP contribution in [0.5, 0.6) is 0 Å². The lowest BCUT2D eigenvalue weighted by Gasteiger charge is -2.15. The fourth-order valence-corrected chi connectivity index (χ4v) is 3.47. The summed E-state index contributed by atoms with van der Waals surface area (Å²) >= 11 is 13.7. The zero-order chi connectivity index (χ0) is 11.7. The van der Waals surface area contributed by atoms with Gasteiger partial charge in [-0.1, -0.05) is 23.2 Å². The summed E-state index contributed by atoms with van der Waals surface area (Å²) in [6.07, 6.45) is 1.50. The Labute approximate surface area is 108 Å². The summed E-state index contributed by atoms with van der Waals surface area (Å²) in [6, 6.07) is 3.58. The normalized spacial score (nSPS) is 20.0. The Hall–Kier alpha value is -0.380. The SMILES string of the molecule is O=C(O)C1CCCSc2ccc(Cl)c(Cl)c21. The second kappa shape index (κ2) is 4.86. The number of carbonyl (C=O) groups is 1. The van der Waals surface area contributed by atoms with E-state index >= 15 is 0 Å². The van der Waals surface area contributed by atoms with Crippen LogP contribution in [0.4, 0.5) is 0 Å². The highest BCUT2D eigenvalue weighted by Crippen LogP contribution is 2.42. The number of hydrogen-bond donors (Lipinski definition) is 1. The van der Waals surface area contributed by atoms with E-state index in [0.29, 0.717) is 22.0 Å². The van der Waals surface area contributed by atoms with E-state index in [-0.39, 0.29) is 0 Å². The molecule has 0 amide bonds. The molecule has 0 saturated carbocycles. The molecule has 16 heavy (non-hydrogen) atoms. The molecule has 1 heterocycles. The second-order valence-electron chi connectivity index (χ2n) is 3.65. The molecule has 0 fully saturated rings. The third kappa shape index (κ3) is 2.17. The van der Waals surface area contributed by atoms with E-state index in [1.807, 2.05) is 6.07 Å². The van der Waals surface area contributed by atoms with Crippen LogP contribution in [-0.4, -0.2) is 16.8 Å². The highest BCUT2D eigenvalue weighted by Gasteiger charge is 2.28. The minimum atomic E-state index is -0.826. The van der Waals surface area contributed by atoms with E-state index in [1.54, 1.807) is 17.8 Å². The van der Waals surface area contributed by atoms with Gasteiger partial charge in [0.2, 0.25) is 0 Å². The van der Waals surface area contributed by atoms with Gasteiger partial charge in [0.25, 0.3) is 0 Å². The Morgan fingerprint density at radius 3 is 2.88 bits per heavy atom. The molecule has 0 bridgehead atoms. The molecule has 1 atom stereocenters. The van der Waals surface area contributed by atoms with Crippen molar-refractivity contribution in [1.82, 2.24) is 0 Å². The van der Waals surface area contributed by atoms with E-state index in [2.05, 4.69) is 0 Å². The topological polar surface area (TPSA) is 37.3 Å². The van der Waals surface area contributed by atoms with Gasteiger partial charge in [0, 0.05) is 10.5 Å². The molecule has 1 N–H and O–H groups in total. The van der Waals surface area contributed by atoms with Crippen molar-refractivity contribution < 1.29 is 9.90 Å². The summed E-state index contributed by atoms with van der Waals surface area (Å²) in [6.45, 7) is 0. The molecule has 5 heteroatoms. The van der Waals surface area contributed by atoms with E-state index in [1.165, 1.54) is 0 Å². The number of benzene rings is 1. The van der Waals surface area contributed by atoms with Crippen LogP contribution in [0.25, 0.3) is 0 Å². The van der Waals surface area contributed by atoms with Gasteiger partial charge in [-0.3, -0.25) is 4.79 Å². The summed E-state index contributed by atoms with van der Waals surface area (Å²) in [5.41, 5.74) is 0.684. The van der Waals surface area contributed by atoms with Gasteiger partial charge in [-0.05, 0) is 30.7 Å². The molecule has 1 aliphatic heterocycles. The quantitative estimate of drug-likeness (QED) is 0.841. The third-order valence-electron chi connectivity index (χ3n) is 2.63. The molecule has 0 spiro atoms. The predicted octanol–water partition coefficient (Wildman–Crippen LogP) is 4.05. The largest absolute Gasteiger partial charge is 0.481 e. The first-order valence-corrected chi connectivity index (χ1v) is 6.69. The van der Waals surface area contributed by atoms with Crippen molar-refractivity contribution in [3.05, 3.63) is 27.7 Å². The zero-order valence-corrected chi connectivity index (χ0v) is 10.7. The van der Waals surface area contributed by atoms with Crippen LogP contribution in [0.15, 0.2) is 17.0 Å². The predicted molar refractivity (Wildman–Crippen MR) is 66.8 cm³/mol. The molecule has 1 aliphatic rings. The minimum Gasteiger partial charge on any atom is -0.481 e. The molecule has 1 aromatic carbocycles. The molecule has 0 aromatic heterocycles. The van der Waals surface area contributed by atoms with Crippen molar-refractivity contribution in [2.45, 2.75) is 23.7 Å². The number of fused-ring (bicyclic) bond motifs is 1. The van der Waals surface area contributed by atoms with Crippen molar-refractivity contribution in [2.24, 2.45) is 0 Å². The lowest BCUT2D eigenvalue weighted by molar-refractivity contribution is -0.139. The van der Waals surface area contributed by atoms with E-state index < -0.39 is 11.9 Å². The Kier molecular flexibility index (Phi) is 3.67. The minimum absolute atomic E-state index is 0.390. The molecule has 86 valence electrons. The number of rotatable bonds is 1.